The zero-order valence-electron chi connectivity index (χ0n) is 9.99. The van der Waals surface area contributed by atoms with Crippen molar-refractivity contribution in [3.8, 4) is 0 Å². The zero-order valence-corrected chi connectivity index (χ0v) is 9.99. The van der Waals surface area contributed by atoms with E-state index in [2.05, 4.69) is 6.92 Å². The summed E-state index contributed by atoms with van der Waals surface area (Å²) in [5.41, 5.74) is 0. The Balaban J connectivity index is 0.000000151. The van der Waals surface area contributed by atoms with E-state index in [0.29, 0.717) is 0 Å². The Morgan fingerprint density at radius 2 is 1.33 bits per heavy atom. The maximum absolute atomic E-state index is 9.08. The summed E-state index contributed by atoms with van der Waals surface area (Å²) in [6.07, 6.45) is 10.5. The quantitative estimate of drug-likeness (QED) is 0.651. The van der Waals surface area contributed by atoms with Crippen LogP contribution in [0, 0.1) is 5.92 Å². The van der Waals surface area contributed by atoms with E-state index in [1.807, 2.05) is 0 Å². The van der Waals surface area contributed by atoms with Gasteiger partial charge in [-0.1, -0.05) is 39.0 Å². The lowest BCUT2D eigenvalue weighted by molar-refractivity contribution is 0.106. The fourth-order valence-electron chi connectivity index (χ4n) is 2.48. The predicted molar refractivity (Wildman–Crippen MR) is 62.7 cm³/mol. The van der Waals surface area contributed by atoms with Gasteiger partial charge >= 0.3 is 0 Å². The second-order valence-corrected chi connectivity index (χ2v) is 5.22. The molecule has 0 amide bonds. The molecule has 2 heteroatoms. The van der Waals surface area contributed by atoms with Crippen molar-refractivity contribution in [2.75, 3.05) is 0 Å². The van der Waals surface area contributed by atoms with Gasteiger partial charge in [0.05, 0.1) is 12.2 Å². The van der Waals surface area contributed by atoms with Gasteiger partial charge in [-0.25, -0.2) is 0 Å². The Kier molecular flexibility index (Phi) is 6.26. The summed E-state index contributed by atoms with van der Waals surface area (Å²) in [7, 11) is 0. The van der Waals surface area contributed by atoms with Crippen molar-refractivity contribution in [2.45, 2.75) is 76.9 Å². The first kappa shape index (κ1) is 13.0. The number of hydrogen-bond acceptors (Lipinski definition) is 2. The molecule has 2 aliphatic carbocycles. The molecule has 2 fully saturated rings. The molecule has 2 N–H and O–H groups in total. The van der Waals surface area contributed by atoms with Crippen molar-refractivity contribution in [1.29, 1.82) is 0 Å². The van der Waals surface area contributed by atoms with Crippen LogP contribution in [0.4, 0.5) is 0 Å². The third kappa shape index (κ3) is 6.16. The number of aliphatic hydroxyl groups is 2. The van der Waals surface area contributed by atoms with Crippen LogP contribution in [0.5, 0.6) is 0 Å². The monoisotopic (exact) mass is 214 g/mol. The lowest BCUT2D eigenvalue weighted by atomic mass is 9.89. The molecule has 0 saturated heterocycles. The minimum Gasteiger partial charge on any atom is -0.393 e. The van der Waals surface area contributed by atoms with Crippen molar-refractivity contribution in [3.05, 3.63) is 0 Å². The lowest BCUT2D eigenvalue weighted by Gasteiger charge is -2.21. The molecule has 0 heterocycles. The number of hydrogen-bond donors (Lipinski definition) is 2. The molecular weight excluding hydrogens is 188 g/mol. The number of aliphatic hydroxyl groups excluding tert-OH is 2. The Hall–Kier alpha value is -0.0800. The van der Waals surface area contributed by atoms with Crippen LogP contribution in [0.2, 0.25) is 0 Å². The molecule has 2 rings (SSSR count). The van der Waals surface area contributed by atoms with Crippen molar-refractivity contribution in [2.24, 2.45) is 5.92 Å². The fraction of sp³-hybridized carbons (Fsp3) is 1.00. The summed E-state index contributed by atoms with van der Waals surface area (Å²) in [6.45, 7) is 2.21. The topological polar surface area (TPSA) is 40.5 Å². The molecule has 0 aromatic carbocycles. The highest BCUT2D eigenvalue weighted by molar-refractivity contribution is 4.68. The summed E-state index contributed by atoms with van der Waals surface area (Å²) in [5, 5.41) is 18.0. The molecule has 2 saturated carbocycles. The summed E-state index contributed by atoms with van der Waals surface area (Å²) < 4.78 is 0. The minimum absolute atomic E-state index is 0.0127. The van der Waals surface area contributed by atoms with E-state index < -0.39 is 0 Å². The molecule has 0 unspecified atom stereocenters. The predicted octanol–water partition coefficient (Wildman–Crippen LogP) is 2.87. The van der Waals surface area contributed by atoms with Gasteiger partial charge in [0.2, 0.25) is 0 Å². The van der Waals surface area contributed by atoms with Crippen LogP contribution in [0.1, 0.15) is 64.7 Å². The molecule has 0 spiro atoms. The minimum atomic E-state index is 0.0127. The van der Waals surface area contributed by atoms with E-state index in [4.69, 9.17) is 10.2 Å². The first-order valence-corrected chi connectivity index (χ1v) is 6.54. The maximum atomic E-state index is 9.08. The van der Waals surface area contributed by atoms with Gasteiger partial charge in [0.25, 0.3) is 0 Å². The van der Waals surface area contributed by atoms with Crippen LogP contribution >= 0.6 is 0 Å². The molecule has 15 heavy (non-hydrogen) atoms. The van der Waals surface area contributed by atoms with Gasteiger partial charge in [-0.3, -0.25) is 0 Å². The van der Waals surface area contributed by atoms with Crippen LogP contribution in [-0.2, 0) is 0 Å². The second kappa shape index (κ2) is 7.24. The molecule has 0 bridgehead atoms. The van der Waals surface area contributed by atoms with Crippen LogP contribution in [0.3, 0.4) is 0 Å². The highest BCUT2D eigenvalue weighted by Crippen LogP contribution is 2.22. The third-order valence-electron chi connectivity index (χ3n) is 3.48. The Labute approximate surface area is 93.7 Å². The Bertz CT molecular complexity index is 145. The largest absolute Gasteiger partial charge is 0.393 e. The summed E-state index contributed by atoms with van der Waals surface area (Å²) in [4.78, 5) is 0. The van der Waals surface area contributed by atoms with E-state index in [-0.39, 0.29) is 12.2 Å². The maximum Gasteiger partial charge on any atom is 0.0542 e. The second-order valence-electron chi connectivity index (χ2n) is 5.22. The molecular formula is C13H26O2. The summed E-state index contributed by atoms with van der Waals surface area (Å²) >= 11 is 0. The van der Waals surface area contributed by atoms with Crippen LogP contribution in [-0.4, -0.2) is 22.4 Å². The van der Waals surface area contributed by atoms with E-state index in [1.54, 1.807) is 0 Å². The van der Waals surface area contributed by atoms with Gasteiger partial charge < -0.3 is 10.2 Å². The summed E-state index contributed by atoms with van der Waals surface area (Å²) in [6, 6.07) is 0. The van der Waals surface area contributed by atoms with E-state index in [1.165, 1.54) is 32.1 Å². The molecule has 90 valence electrons. The van der Waals surface area contributed by atoms with E-state index in [9.17, 15) is 0 Å². The fourth-order valence-corrected chi connectivity index (χ4v) is 2.48. The first-order valence-electron chi connectivity index (χ1n) is 6.54. The molecule has 2 nitrogen and oxygen atoms in total. The van der Waals surface area contributed by atoms with Gasteiger partial charge in [0, 0.05) is 0 Å². The van der Waals surface area contributed by atoms with Gasteiger partial charge in [0.1, 0.15) is 0 Å². The molecule has 0 aliphatic heterocycles. The van der Waals surface area contributed by atoms with Gasteiger partial charge in [-0.2, -0.15) is 0 Å². The molecule has 2 atom stereocenters. The molecule has 2 aliphatic rings. The molecule has 0 aromatic heterocycles. The van der Waals surface area contributed by atoms with E-state index in [0.717, 1.165) is 31.6 Å². The Morgan fingerprint density at radius 3 is 1.67 bits per heavy atom. The van der Waals surface area contributed by atoms with Crippen molar-refractivity contribution >= 4 is 0 Å². The normalized spacial score (nSPS) is 33.0. The number of rotatable bonds is 0. The average Bonchev–Trinajstić information content (AvgIpc) is 2.19. The molecule has 0 aromatic rings. The van der Waals surface area contributed by atoms with Crippen molar-refractivity contribution < 1.29 is 10.2 Å². The zero-order chi connectivity index (χ0) is 11.1. The third-order valence-corrected chi connectivity index (χ3v) is 3.48. The van der Waals surface area contributed by atoms with Gasteiger partial charge in [0.15, 0.2) is 0 Å². The summed E-state index contributed by atoms with van der Waals surface area (Å²) in [5.74, 6) is 0.763. The van der Waals surface area contributed by atoms with Gasteiger partial charge in [-0.15, -0.1) is 0 Å². The van der Waals surface area contributed by atoms with E-state index >= 15 is 0 Å². The SMILES string of the molecule is C[C@@H]1CCC[C@H](O)C1.OC1CCCCC1. The standard InChI is InChI=1S/C7H14O.C6H12O/c1-6-3-2-4-7(8)5-6;7-6-4-2-1-3-5-6/h6-8H,2-5H2,1H3;6-7H,1-5H2/t6-,7+;/m1./s1. The van der Waals surface area contributed by atoms with Crippen LogP contribution < -0.4 is 0 Å². The molecule has 0 radical (unpaired) electrons. The Morgan fingerprint density at radius 1 is 0.733 bits per heavy atom. The van der Waals surface area contributed by atoms with Crippen LogP contribution in [0.15, 0.2) is 0 Å². The smallest absolute Gasteiger partial charge is 0.0542 e. The highest BCUT2D eigenvalue weighted by atomic mass is 16.3. The van der Waals surface area contributed by atoms with Crippen LogP contribution in [0.25, 0.3) is 0 Å². The van der Waals surface area contributed by atoms with Crippen molar-refractivity contribution in [3.63, 3.8) is 0 Å². The van der Waals surface area contributed by atoms with Crippen molar-refractivity contribution in [1.82, 2.24) is 0 Å². The average molecular weight is 214 g/mol. The highest BCUT2D eigenvalue weighted by Gasteiger charge is 2.15. The lowest BCUT2D eigenvalue weighted by Crippen LogP contribution is -2.16. The van der Waals surface area contributed by atoms with Gasteiger partial charge in [-0.05, 0) is 31.6 Å². The first-order chi connectivity index (χ1) is 7.18.